The average molecular weight is 574 g/mol. The van der Waals surface area contributed by atoms with Gasteiger partial charge >= 0.3 is 5.97 Å². The molecule has 33 heavy (non-hydrogen) atoms. The van der Waals surface area contributed by atoms with Gasteiger partial charge in [0, 0.05) is 26.2 Å². The second-order valence-electron chi connectivity index (χ2n) is 7.47. The molecule has 1 unspecified atom stereocenters. The second kappa shape index (κ2) is 13.5. The Kier molecular flexibility index (Phi) is 11.1. The van der Waals surface area contributed by atoms with Gasteiger partial charge in [-0.05, 0) is 37.6 Å². The maximum Gasteiger partial charge on any atom is 0.341 e. The summed E-state index contributed by atoms with van der Waals surface area (Å²) < 4.78 is 29.4. The van der Waals surface area contributed by atoms with Crippen LogP contribution in [0.3, 0.4) is 0 Å². The van der Waals surface area contributed by atoms with Gasteiger partial charge in [0.25, 0.3) is 0 Å². The van der Waals surface area contributed by atoms with E-state index in [1.165, 1.54) is 19.2 Å². The fraction of sp³-hybridized carbons (Fsp3) is 0.478. The van der Waals surface area contributed by atoms with Crippen molar-refractivity contribution in [1.82, 2.24) is 15.5 Å². The molecule has 182 valence electrons. The van der Waals surface area contributed by atoms with Crippen LogP contribution >= 0.6 is 24.0 Å². The third-order valence-corrected chi connectivity index (χ3v) is 5.32. The molecule has 1 fully saturated rings. The summed E-state index contributed by atoms with van der Waals surface area (Å²) in [4.78, 5) is 18.7. The molecule has 1 aliphatic heterocycles. The highest BCUT2D eigenvalue weighted by atomic mass is 127. The maximum atomic E-state index is 13.5. The summed E-state index contributed by atoms with van der Waals surface area (Å²) in [5.41, 5.74) is 1.43. The Morgan fingerprint density at radius 1 is 1.24 bits per heavy atom. The largest absolute Gasteiger partial charge is 0.465 e. The predicted octanol–water partition coefficient (Wildman–Crippen LogP) is 3.26. The fourth-order valence-corrected chi connectivity index (χ4v) is 3.66. The summed E-state index contributed by atoms with van der Waals surface area (Å²) in [5.74, 6) is 1.02. The van der Waals surface area contributed by atoms with E-state index < -0.39 is 5.97 Å². The lowest BCUT2D eigenvalue weighted by Crippen LogP contribution is -2.46. The smallest absolute Gasteiger partial charge is 0.341 e. The summed E-state index contributed by atoms with van der Waals surface area (Å²) >= 11 is 0. The van der Waals surface area contributed by atoms with Crippen LogP contribution in [0.1, 0.15) is 40.4 Å². The number of nitrogens with one attached hydrogen (secondary N) is 2. The first-order chi connectivity index (χ1) is 15.5. The summed E-state index contributed by atoms with van der Waals surface area (Å²) in [6.45, 7) is 8.21. The number of carbonyl (C=O) groups excluding carboxylic acids is 1. The van der Waals surface area contributed by atoms with Gasteiger partial charge in [-0.3, -0.25) is 4.90 Å². The second-order valence-corrected chi connectivity index (χ2v) is 7.47. The number of nitrogens with zero attached hydrogens (tertiary/aromatic N) is 2. The van der Waals surface area contributed by atoms with Gasteiger partial charge in [0.1, 0.15) is 29.4 Å². The number of guanidine groups is 1. The lowest BCUT2D eigenvalue weighted by molar-refractivity contribution is 0.0170. The molecule has 2 aromatic rings. The Balaban J connectivity index is 0.00000385. The molecular formula is C23H32FIN4O4. The minimum atomic E-state index is -0.431. The highest BCUT2D eigenvalue weighted by molar-refractivity contribution is 14.0. The van der Waals surface area contributed by atoms with Crippen molar-refractivity contribution in [3.05, 3.63) is 58.8 Å². The van der Waals surface area contributed by atoms with Gasteiger partial charge in [0.2, 0.25) is 0 Å². The molecule has 0 radical (unpaired) electrons. The molecule has 10 heteroatoms. The van der Waals surface area contributed by atoms with E-state index in [0.29, 0.717) is 49.3 Å². The van der Waals surface area contributed by atoms with Crippen LogP contribution in [0.4, 0.5) is 4.39 Å². The normalized spacial score (nSPS) is 15.5. The molecule has 1 saturated heterocycles. The van der Waals surface area contributed by atoms with Crippen molar-refractivity contribution >= 4 is 35.9 Å². The molecule has 1 atom stereocenters. The first-order valence-electron chi connectivity index (χ1n) is 10.8. The number of morpholine rings is 1. The van der Waals surface area contributed by atoms with Crippen molar-refractivity contribution in [2.75, 3.05) is 46.5 Å². The lowest BCUT2D eigenvalue weighted by Gasteiger charge is -2.35. The first-order valence-corrected chi connectivity index (χ1v) is 10.8. The van der Waals surface area contributed by atoms with Gasteiger partial charge < -0.3 is 24.5 Å². The average Bonchev–Trinajstić information content (AvgIpc) is 3.19. The minimum absolute atomic E-state index is 0. The quantitative estimate of drug-likeness (QED) is 0.217. The molecular weight excluding hydrogens is 542 g/mol. The van der Waals surface area contributed by atoms with Crippen molar-refractivity contribution < 1.29 is 23.1 Å². The van der Waals surface area contributed by atoms with Crippen molar-refractivity contribution in [1.29, 1.82) is 0 Å². The minimum Gasteiger partial charge on any atom is -0.465 e. The summed E-state index contributed by atoms with van der Waals surface area (Å²) in [7, 11) is 1.34. The van der Waals surface area contributed by atoms with Crippen LogP contribution in [-0.4, -0.2) is 63.3 Å². The number of halogens is 2. The van der Waals surface area contributed by atoms with Crippen LogP contribution in [0.15, 0.2) is 39.7 Å². The number of aliphatic imine (C=N–C) groups is 1. The van der Waals surface area contributed by atoms with Crippen LogP contribution in [0.25, 0.3) is 0 Å². The summed E-state index contributed by atoms with van der Waals surface area (Å²) in [6, 6.07) is 8.31. The van der Waals surface area contributed by atoms with E-state index in [-0.39, 0.29) is 42.4 Å². The summed E-state index contributed by atoms with van der Waals surface area (Å²) in [6.07, 6.45) is 0. The number of hydrogen-bond donors (Lipinski definition) is 2. The fourth-order valence-electron chi connectivity index (χ4n) is 3.66. The van der Waals surface area contributed by atoms with E-state index in [0.717, 1.165) is 18.7 Å². The van der Waals surface area contributed by atoms with Crippen LogP contribution < -0.4 is 10.6 Å². The van der Waals surface area contributed by atoms with Crippen molar-refractivity contribution in [3.8, 4) is 0 Å². The number of furan rings is 1. The first kappa shape index (κ1) is 27.1. The topological polar surface area (TPSA) is 88.3 Å². The van der Waals surface area contributed by atoms with E-state index in [9.17, 15) is 9.18 Å². The third kappa shape index (κ3) is 7.68. The molecule has 2 heterocycles. The van der Waals surface area contributed by atoms with Gasteiger partial charge in [0.05, 0.1) is 26.4 Å². The zero-order chi connectivity index (χ0) is 22.9. The van der Waals surface area contributed by atoms with Crippen LogP contribution in [0.5, 0.6) is 0 Å². The van der Waals surface area contributed by atoms with Crippen LogP contribution in [0.2, 0.25) is 0 Å². The molecule has 0 bridgehead atoms. The summed E-state index contributed by atoms with van der Waals surface area (Å²) in [5, 5.41) is 6.62. The number of ether oxygens (including phenoxy) is 2. The van der Waals surface area contributed by atoms with Crippen LogP contribution in [-0.2, 0) is 16.0 Å². The van der Waals surface area contributed by atoms with E-state index >= 15 is 0 Å². The van der Waals surface area contributed by atoms with E-state index in [1.54, 1.807) is 13.0 Å². The molecule has 1 aliphatic rings. The zero-order valence-corrected chi connectivity index (χ0v) is 21.6. The molecule has 0 amide bonds. The van der Waals surface area contributed by atoms with Crippen molar-refractivity contribution in [3.63, 3.8) is 0 Å². The Hall–Kier alpha value is -2.18. The predicted molar refractivity (Wildman–Crippen MR) is 135 cm³/mol. The monoisotopic (exact) mass is 574 g/mol. The van der Waals surface area contributed by atoms with Crippen molar-refractivity contribution in [2.45, 2.75) is 26.4 Å². The number of methoxy groups -OCH3 is 1. The van der Waals surface area contributed by atoms with Gasteiger partial charge in [-0.1, -0.05) is 12.1 Å². The Bertz CT molecular complexity index is 914. The van der Waals surface area contributed by atoms with E-state index in [4.69, 9.17) is 13.9 Å². The Morgan fingerprint density at radius 2 is 1.94 bits per heavy atom. The van der Waals surface area contributed by atoms with Crippen LogP contribution in [0, 0.1) is 12.7 Å². The standard InChI is InChI=1S/C23H31FN4O4.HI/c1-4-25-23(26-14-19-13-20(16(2)32-19)22(29)30-3)27-15-21(28-9-11-31-12-10-28)17-5-7-18(24)8-6-17;/h5-8,13,21H,4,9-12,14-15H2,1-3H3,(H2,25,26,27);1H. The number of aryl methyl sites for hydroxylation is 1. The number of carbonyl (C=O) groups is 1. The Labute approximate surface area is 210 Å². The molecule has 0 spiro atoms. The van der Waals surface area contributed by atoms with Gasteiger partial charge in [-0.2, -0.15) is 0 Å². The zero-order valence-electron chi connectivity index (χ0n) is 19.2. The number of benzene rings is 1. The van der Waals surface area contributed by atoms with E-state index in [2.05, 4.69) is 20.5 Å². The lowest BCUT2D eigenvalue weighted by atomic mass is 10.0. The van der Waals surface area contributed by atoms with Gasteiger partial charge in [0.15, 0.2) is 5.96 Å². The molecule has 8 nitrogen and oxygen atoms in total. The van der Waals surface area contributed by atoms with E-state index in [1.807, 2.05) is 19.1 Å². The molecule has 0 aliphatic carbocycles. The van der Waals surface area contributed by atoms with Gasteiger partial charge in [-0.15, -0.1) is 24.0 Å². The number of esters is 1. The highest BCUT2D eigenvalue weighted by Crippen LogP contribution is 2.22. The molecule has 1 aromatic carbocycles. The van der Waals surface area contributed by atoms with Crippen molar-refractivity contribution in [2.24, 2.45) is 4.99 Å². The Morgan fingerprint density at radius 3 is 2.58 bits per heavy atom. The highest BCUT2D eigenvalue weighted by Gasteiger charge is 2.23. The van der Waals surface area contributed by atoms with Gasteiger partial charge in [-0.25, -0.2) is 14.2 Å². The maximum absolute atomic E-state index is 13.5. The molecule has 1 aromatic heterocycles. The molecule has 2 N–H and O–H groups in total. The molecule has 0 saturated carbocycles. The number of hydrogen-bond acceptors (Lipinski definition) is 6. The number of rotatable bonds is 8. The SMILES string of the molecule is CCNC(=NCc1cc(C(=O)OC)c(C)o1)NCC(c1ccc(F)cc1)N1CCOCC1.I. The molecule has 3 rings (SSSR count). The third-order valence-electron chi connectivity index (χ3n) is 5.32.